The van der Waals surface area contributed by atoms with E-state index in [1.807, 2.05) is 0 Å². The second-order valence-electron chi connectivity index (χ2n) is 3.18. The van der Waals surface area contributed by atoms with Crippen LogP contribution in [0.3, 0.4) is 0 Å². The van der Waals surface area contributed by atoms with Gasteiger partial charge < -0.3 is 9.47 Å². The van der Waals surface area contributed by atoms with Crippen molar-refractivity contribution in [2.24, 2.45) is 0 Å². The van der Waals surface area contributed by atoms with Crippen LogP contribution in [0.2, 0.25) is 0 Å². The zero-order chi connectivity index (χ0) is 15.5. The molecule has 0 unspecified atom stereocenters. The number of carbonyl (C=O) groups excluding carboxylic acids is 2. The number of esters is 2. The molecule has 0 aromatic heterocycles. The van der Waals surface area contributed by atoms with Gasteiger partial charge in [-0.3, -0.25) is 0 Å². The fraction of sp³-hybridized carbons (Fsp3) is 0.333. The molecule has 8 heteroatoms. The first-order chi connectivity index (χ1) is 9.43. The lowest BCUT2D eigenvalue weighted by Gasteiger charge is -2.07. The summed E-state index contributed by atoms with van der Waals surface area (Å²) in [6.07, 6.45) is 0. The Labute approximate surface area is 133 Å². The third kappa shape index (κ3) is 7.91. The van der Waals surface area contributed by atoms with E-state index in [1.165, 1.54) is 0 Å². The van der Waals surface area contributed by atoms with E-state index in [4.69, 9.17) is 43.2 Å². The molecule has 0 radical (unpaired) electrons. The SMILES string of the molecule is CCOC(=O)c1ccccc1C(=O)OCC.ClP(Cl)Cl. The van der Waals surface area contributed by atoms with E-state index >= 15 is 0 Å². The van der Waals surface area contributed by atoms with Gasteiger partial charge in [0.2, 0.25) is 0 Å². The van der Waals surface area contributed by atoms with Crippen LogP contribution in [-0.2, 0) is 9.47 Å². The second-order valence-corrected chi connectivity index (χ2v) is 8.16. The van der Waals surface area contributed by atoms with Crippen LogP contribution >= 0.6 is 39.7 Å². The molecule has 0 N–H and O–H groups in total. The van der Waals surface area contributed by atoms with Gasteiger partial charge in [0.05, 0.1) is 24.3 Å². The molecular formula is C12H14Cl3O4P. The quantitative estimate of drug-likeness (QED) is 0.562. The van der Waals surface area contributed by atoms with E-state index in [0.717, 1.165) is 0 Å². The molecule has 0 fully saturated rings. The lowest BCUT2D eigenvalue weighted by molar-refractivity contribution is 0.0479. The summed E-state index contributed by atoms with van der Waals surface area (Å²) in [5.74, 6) is -2.22. The summed E-state index contributed by atoms with van der Waals surface area (Å²) in [4.78, 5) is 23.1. The number of carbonyl (C=O) groups is 2. The molecule has 0 bridgehead atoms. The average Bonchev–Trinajstić information content (AvgIpc) is 2.38. The standard InChI is InChI=1S/C12H14O4.Cl3P/c1-3-15-11(13)9-7-5-6-8-10(9)12(14)16-4-2;1-4(2)3/h5-8H,3-4H2,1-2H3;. The first-order valence-corrected chi connectivity index (χ1v) is 9.70. The lowest BCUT2D eigenvalue weighted by Crippen LogP contribution is -2.13. The van der Waals surface area contributed by atoms with E-state index in [2.05, 4.69) is 0 Å². The Hall–Kier alpha value is -0.540. The van der Waals surface area contributed by atoms with Crippen LogP contribution < -0.4 is 0 Å². The minimum absolute atomic E-state index is 0.239. The Balaban J connectivity index is 0.000000796. The predicted molar refractivity (Wildman–Crippen MR) is 82.8 cm³/mol. The third-order valence-electron chi connectivity index (χ3n) is 1.92. The minimum Gasteiger partial charge on any atom is -0.462 e. The van der Waals surface area contributed by atoms with Crippen LogP contribution in [0.4, 0.5) is 0 Å². The molecule has 0 spiro atoms. The number of rotatable bonds is 4. The third-order valence-corrected chi connectivity index (χ3v) is 1.92. The highest BCUT2D eigenvalue weighted by Crippen LogP contribution is 2.51. The first kappa shape index (κ1) is 19.5. The molecule has 4 nitrogen and oxygen atoms in total. The summed E-state index contributed by atoms with van der Waals surface area (Å²) < 4.78 is 9.70. The zero-order valence-electron chi connectivity index (χ0n) is 10.9. The van der Waals surface area contributed by atoms with Crippen molar-refractivity contribution < 1.29 is 19.1 Å². The van der Waals surface area contributed by atoms with Gasteiger partial charge in [0, 0.05) is 0 Å². The summed E-state index contributed by atoms with van der Waals surface area (Å²) >= 11 is 14.6. The number of ether oxygens (including phenoxy) is 2. The van der Waals surface area contributed by atoms with Crippen molar-refractivity contribution in [3.8, 4) is 0 Å². The summed E-state index contributed by atoms with van der Waals surface area (Å²) in [6, 6.07) is 6.44. The molecule has 0 aliphatic carbocycles. The number of halogens is 3. The molecule has 0 amide bonds. The maximum Gasteiger partial charge on any atom is 0.338 e. The molecule has 0 aliphatic rings. The van der Waals surface area contributed by atoms with Crippen molar-refractivity contribution in [3.63, 3.8) is 0 Å². The molecule has 0 heterocycles. The van der Waals surface area contributed by atoms with E-state index in [1.54, 1.807) is 38.1 Å². The molecule has 112 valence electrons. The highest BCUT2D eigenvalue weighted by molar-refractivity contribution is 8.20. The van der Waals surface area contributed by atoms with Crippen molar-refractivity contribution >= 4 is 51.6 Å². The monoisotopic (exact) mass is 358 g/mol. The summed E-state index contributed by atoms with van der Waals surface area (Å²) in [6.45, 7) is 3.97. The van der Waals surface area contributed by atoms with Crippen LogP contribution in [0.5, 0.6) is 0 Å². The minimum atomic E-state index is -1.20. The molecule has 1 rings (SSSR count). The maximum atomic E-state index is 11.5. The molecule has 0 saturated carbocycles. The summed E-state index contributed by atoms with van der Waals surface area (Å²) in [5, 5.41) is 0. The average molecular weight is 360 g/mol. The second kappa shape index (κ2) is 11.2. The largest absolute Gasteiger partial charge is 0.462 e. The van der Waals surface area contributed by atoms with Crippen LogP contribution in [0.25, 0.3) is 0 Å². The molecule has 0 atom stereocenters. The van der Waals surface area contributed by atoms with E-state index in [-0.39, 0.29) is 24.3 Å². The van der Waals surface area contributed by atoms with Gasteiger partial charge in [-0.15, -0.1) is 0 Å². The van der Waals surface area contributed by atoms with Crippen molar-refractivity contribution in [3.05, 3.63) is 35.4 Å². The van der Waals surface area contributed by atoms with Gasteiger partial charge in [0.15, 0.2) is 5.98 Å². The fourth-order valence-electron chi connectivity index (χ4n) is 1.26. The van der Waals surface area contributed by atoms with Gasteiger partial charge in [0.25, 0.3) is 0 Å². The van der Waals surface area contributed by atoms with Gasteiger partial charge in [-0.2, -0.15) is 0 Å². The van der Waals surface area contributed by atoms with Gasteiger partial charge in [-0.25, -0.2) is 9.59 Å². The summed E-state index contributed by atoms with van der Waals surface area (Å²) in [7, 11) is 0. The molecule has 20 heavy (non-hydrogen) atoms. The van der Waals surface area contributed by atoms with Crippen LogP contribution in [-0.4, -0.2) is 25.2 Å². The van der Waals surface area contributed by atoms with E-state index < -0.39 is 17.9 Å². The molecule has 1 aromatic rings. The number of benzene rings is 1. The predicted octanol–water partition coefficient (Wildman–Crippen LogP) is 4.97. The van der Waals surface area contributed by atoms with Crippen molar-refractivity contribution in [1.82, 2.24) is 0 Å². The first-order valence-electron chi connectivity index (χ1n) is 5.64. The number of hydrogen-bond acceptors (Lipinski definition) is 4. The smallest absolute Gasteiger partial charge is 0.338 e. The van der Waals surface area contributed by atoms with Gasteiger partial charge >= 0.3 is 11.9 Å². The Kier molecular flexibility index (Phi) is 10.9. The van der Waals surface area contributed by atoms with Crippen molar-refractivity contribution in [1.29, 1.82) is 0 Å². The lowest BCUT2D eigenvalue weighted by atomic mass is 10.1. The van der Waals surface area contributed by atoms with Crippen LogP contribution in [0.15, 0.2) is 24.3 Å². The molecule has 0 saturated heterocycles. The normalized spacial score (nSPS) is 9.50. The maximum absolute atomic E-state index is 11.5. The molecule has 0 aliphatic heterocycles. The fourth-order valence-corrected chi connectivity index (χ4v) is 1.26. The Bertz CT molecular complexity index is 401. The van der Waals surface area contributed by atoms with E-state index in [0.29, 0.717) is 0 Å². The van der Waals surface area contributed by atoms with Crippen LogP contribution in [0, 0.1) is 0 Å². The van der Waals surface area contributed by atoms with Crippen molar-refractivity contribution in [2.75, 3.05) is 13.2 Å². The highest BCUT2D eigenvalue weighted by atomic mass is 36.0. The van der Waals surface area contributed by atoms with Gasteiger partial charge in [-0.05, 0) is 26.0 Å². The van der Waals surface area contributed by atoms with E-state index in [9.17, 15) is 9.59 Å². The van der Waals surface area contributed by atoms with Crippen LogP contribution in [0.1, 0.15) is 34.6 Å². The van der Waals surface area contributed by atoms with Crippen molar-refractivity contribution in [2.45, 2.75) is 13.8 Å². The Morgan fingerprint density at radius 3 is 1.50 bits per heavy atom. The molecule has 1 aromatic carbocycles. The van der Waals surface area contributed by atoms with Gasteiger partial charge in [-0.1, -0.05) is 45.9 Å². The van der Waals surface area contributed by atoms with Gasteiger partial charge in [0.1, 0.15) is 0 Å². The zero-order valence-corrected chi connectivity index (χ0v) is 14.1. The highest BCUT2D eigenvalue weighted by Gasteiger charge is 2.17. The molecular weight excluding hydrogens is 345 g/mol. The Morgan fingerprint density at radius 2 is 1.25 bits per heavy atom. The summed E-state index contributed by atoms with van der Waals surface area (Å²) in [5.41, 5.74) is 0.477. The number of hydrogen-bond donors (Lipinski definition) is 0. The Morgan fingerprint density at radius 1 is 0.950 bits per heavy atom. The topological polar surface area (TPSA) is 52.6 Å².